The molecule has 0 aromatic rings. The van der Waals surface area contributed by atoms with Gasteiger partial charge in [0.15, 0.2) is 0 Å². The summed E-state index contributed by atoms with van der Waals surface area (Å²) in [5.41, 5.74) is 5.26. The minimum atomic E-state index is 0.497. The third kappa shape index (κ3) is 7.82. The molecule has 0 aliphatic rings. The Balaban J connectivity index is 2.84. The van der Waals surface area contributed by atoms with Gasteiger partial charge in [0, 0.05) is 5.75 Å². The van der Waals surface area contributed by atoms with Crippen LogP contribution in [-0.4, -0.2) is 10.9 Å². The molecule has 0 aromatic heterocycles. The standard InChI is InChI=1S/C7H16N2S/c1-2-3-4-5-6-10-7(8)9/h2-6H2,1H3,(H3,8,9)/p+1. The number of hydrogen-bond donors (Lipinski definition) is 2. The molecule has 0 fully saturated rings. The summed E-state index contributed by atoms with van der Waals surface area (Å²) >= 11 is 1.55. The maximum absolute atomic E-state index is 5.26. The molecule has 0 aliphatic heterocycles. The van der Waals surface area contributed by atoms with E-state index in [9.17, 15) is 0 Å². The molecule has 0 amide bonds. The Kier molecular flexibility index (Phi) is 6.81. The Hall–Kier alpha value is -0.180. The highest BCUT2D eigenvalue weighted by Crippen LogP contribution is 2.04. The fourth-order valence-corrected chi connectivity index (χ4v) is 1.30. The van der Waals surface area contributed by atoms with Crippen LogP contribution in [0.25, 0.3) is 0 Å². The summed E-state index contributed by atoms with van der Waals surface area (Å²) in [7, 11) is 0. The highest BCUT2D eigenvalue weighted by Gasteiger charge is 1.94. The highest BCUT2D eigenvalue weighted by molar-refractivity contribution is 8.13. The van der Waals surface area contributed by atoms with Gasteiger partial charge in [-0.2, -0.15) is 0 Å². The van der Waals surface area contributed by atoms with Crippen molar-refractivity contribution in [3.05, 3.63) is 0 Å². The lowest BCUT2D eigenvalue weighted by Gasteiger charge is -1.94. The van der Waals surface area contributed by atoms with Crippen LogP contribution in [0.15, 0.2) is 0 Å². The Morgan fingerprint density at radius 1 is 1.40 bits per heavy atom. The Labute approximate surface area is 67.1 Å². The fraction of sp³-hybridized carbons (Fsp3) is 0.857. The predicted octanol–water partition coefficient (Wildman–Crippen LogP) is 0.374. The van der Waals surface area contributed by atoms with E-state index in [1.807, 2.05) is 0 Å². The van der Waals surface area contributed by atoms with Crippen molar-refractivity contribution in [1.82, 2.24) is 0 Å². The third-order valence-electron chi connectivity index (χ3n) is 1.27. The first kappa shape index (κ1) is 9.82. The van der Waals surface area contributed by atoms with Gasteiger partial charge in [-0.15, -0.1) is 0 Å². The molecule has 0 aliphatic carbocycles. The zero-order valence-electron chi connectivity index (χ0n) is 6.60. The van der Waals surface area contributed by atoms with Crippen LogP contribution in [0.1, 0.15) is 32.6 Å². The van der Waals surface area contributed by atoms with Crippen LogP contribution in [0.5, 0.6) is 0 Å². The van der Waals surface area contributed by atoms with E-state index in [1.54, 1.807) is 11.8 Å². The summed E-state index contributed by atoms with van der Waals surface area (Å²) in [5, 5.41) is 5.76. The molecule has 0 heterocycles. The second kappa shape index (κ2) is 6.93. The molecule has 4 N–H and O–H groups in total. The number of rotatable bonds is 5. The van der Waals surface area contributed by atoms with E-state index in [-0.39, 0.29) is 0 Å². The molecule has 2 nitrogen and oxygen atoms in total. The van der Waals surface area contributed by atoms with E-state index in [4.69, 9.17) is 11.1 Å². The van der Waals surface area contributed by atoms with Gasteiger partial charge in [0.25, 0.3) is 5.17 Å². The second-order valence-corrected chi connectivity index (χ2v) is 3.48. The first-order chi connectivity index (χ1) is 4.77. The molecule has 10 heavy (non-hydrogen) atoms. The Morgan fingerprint density at radius 2 is 2.10 bits per heavy atom. The average Bonchev–Trinajstić information content (AvgIpc) is 1.87. The highest BCUT2D eigenvalue weighted by atomic mass is 32.2. The second-order valence-electron chi connectivity index (χ2n) is 2.31. The largest absolute Gasteiger partial charge is 0.299 e. The summed E-state index contributed by atoms with van der Waals surface area (Å²) < 4.78 is 0. The number of amidine groups is 1. The van der Waals surface area contributed by atoms with Crippen molar-refractivity contribution in [3.63, 3.8) is 0 Å². The molecule has 0 saturated carbocycles. The van der Waals surface area contributed by atoms with Crippen molar-refractivity contribution in [2.45, 2.75) is 32.6 Å². The molecule has 0 saturated heterocycles. The van der Waals surface area contributed by atoms with Crippen LogP contribution in [0.2, 0.25) is 0 Å². The summed E-state index contributed by atoms with van der Waals surface area (Å²) in [6, 6.07) is 0. The number of nitrogens with two attached hydrogens (primary N) is 2. The van der Waals surface area contributed by atoms with Gasteiger partial charge in [-0.25, -0.2) is 0 Å². The first-order valence-corrected chi connectivity index (χ1v) is 4.76. The monoisotopic (exact) mass is 161 g/mol. The topological polar surface area (TPSA) is 51.6 Å². The van der Waals surface area contributed by atoms with Crippen LogP contribution >= 0.6 is 11.8 Å². The normalized spacial score (nSPS) is 9.70. The summed E-state index contributed by atoms with van der Waals surface area (Å²) in [5.74, 6) is 1.07. The van der Waals surface area contributed by atoms with Crippen LogP contribution in [-0.2, 0) is 0 Å². The van der Waals surface area contributed by atoms with E-state index < -0.39 is 0 Å². The SMILES string of the molecule is CCCCCCSC(N)=[NH2+]. The van der Waals surface area contributed by atoms with Crippen LogP contribution < -0.4 is 11.1 Å². The summed E-state index contributed by atoms with van der Waals surface area (Å²) in [6.07, 6.45) is 5.14. The number of hydrogen-bond acceptors (Lipinski definition) is 1. The molecule has 3 heteroatoms. The van der Waals surface area contributed by atoms with Crippen LogP contribution in [0.4, 0.5) is 0 Å². The Morgan fingerprint density at radius 3 is 2.60 bits per heavy atom. The molecule has 60 valence electrons. The van der Waals surface area contributed by atoms with E-state index in [0.717, 1.165) is 5.75 Å². The van der Waals surface area contributed by atoms with Crippen molar-refractivity contribution >= 4 is 16.9 Å². The smallest absolute Gasteiger partial charge is 0.282 e. The number of thioether (sulfide) groups is 1. The van der Waals surface area contributed by atoms with Gasteiger partial charge in [-0.05, 0) is 18.2 Å². The third-order valence-corrected chi connectivity index (χ3v) is 2.09. The quantitative estimate of drug-likeness (QED) is 0.348. The zero-order valence-corrected chi connectivity index (χ0v) is 7.41. The number of unbranched alkanes of at least 4 members (excludes halogenated alkanes) is 3. The van der Waals surface area contributed by atoms with E-state index in [2.05, 4.69) is 6.92 Å². The molecule has 0 radical (unpaired) electrons. The summed E-state index contributed by atoms with van der Waals surface area (Å²) in [6.45, 7) is 2.20. The zero-order chi connectivity index (χ0) is 7.82. The summed E-state index contributed by atoms with van der Waals surface area (Å²) in [4.78, 5) is 0. The van der Waals surface area contributed by atoms with Gasteiger partial charge in [0.05, 0.1) is 0 Å². The molecule has 0 spiro atoms. The van der Waals surface area contributed by atoms with Crippen molar-refractivity contribution in [3.8, 4) is 0 Å². The van der Waals surface area contributed by atoms with Crippen LogP contribution in [0, 0.1) is 0 Å². The van der Waals surface area contributed by atoms with Crippen molar-refractivity contribution in [2.75, 3.05) is 5.75 Å². The Bertz CT molecular complexity index is 93.6. The maximum atomic E-state index is 5.26. The van der Waals surface area contributed by atoms with E-state index in [0.29, 0.717) is 5.17 Å². The average molecular weight is 161 g/mol. The van der Waals surface area contributed by atoms with Gasteiger partial charge in [0.2, 0.25) is 0 Å². The molecular weight excluding hydrogens is 144 g/mol. The molecule has 0 atom stereocenters. The maximum Gasteiger partial charge on any atom is 0.299 e. The van der Waals surface area contributed by atoms with Crippen molar-refractivity contribution in [2.24, 2.45) is 5.73 Å². The lowest BCUT2D eigenvalue weighted by atomic mass is 10.2. The minimum absolute atomic E-state index is 0.497. The molecule has 0 aromatic carbocycles. The van der Waals surface area contributed by atoms with Gasteiger partial charge < -0.3 is 0 Å². The molecular formula is C7H17N2S+. The molecule has 0 rings (SSSR count). The van der Waals surface area contributed by atoms with Crippen molar-refractivity contribution in [1.29, 1.82) is 0 Å². The molecule has 0 unspecified atom stereocenters. The van der Waals surface area contributed by atoms with Gasteiger partial charge in [-0.1, -0.05) is 26.2 Å². The predicted molar refractivity (Wildman–Crippen MR) is 47.7 cm³/mol. The fourth-order valence-electron chi connectivity index (χ4n) is 0.719. The van der Waals surface area contributed by atoms with E-state index >= 15 is 0 Å². The van der Waals surface area contributed by atoms with Gasteiger partial charge in [0.1, 0.15) is 0 Å². The van der Waals surface area contributed by atoms with E-state index in [1.165, 1.54) is 25.7 Å². The van der Waals surface area contributed by atoms with Gasteiger partial charge in [-0.3, -0.25) is 11.1 Å². The van der Waals surface area contributed by atoms with Crippen molar-refractivity contribution < 1.29 is 5.41 Å². The first-order valence-electron chi connectivity index (χ1n) is 3.78. The molecule has 0 bridgehead atoms. The lowest BCUT2D eigenvalue weighted by Crippen LogP contribution is -2.43. The minimum Gasteiger partial charge on any atom is -0.282 e. The van der Waals surface area contributed by atoms with Crippen LogP contribution in [0.3, 0.4) is 0 Å². The van der Waals surface area contributed by atoms with Gasteiger partial charge >= 0.3 is 0 Å². The lowest BCUT2D eigenvalue weighted by molar-refractivity contribution is -0.110.